The Kier molecular flexibility index (Phi) is 4.35. The van der Waals surface area contributed by atoms with Crippen molar-refractivity contribution in [3.05, 3.63) is 29.6 Å². The lowest BCUT2D eigenvalue weighted by Crippen LogP contribution is -2.40. The van der Waals surface area contributed by atoms with E-state index in [9.17, 15) is 18.0 Å². The van der Waals surface area contributed by atoms with Crippen molar-refractivity contribution >= 4 is 17.1 Å². The average Bonchev–Trinajstić information content (AvgIpc) is 2.90. The Morgan fingerprint density at radius 2 is 2.21 bits per heavy atom. The number of hydrogen-bond donors (Lipinski definition) is 2. The Balaban J connectivity index is 1.90. The molecule has 130 valence electrons. The molecule has 1 aliphatic rings. The van der Waals surface area contributed by atoms with Gasteiger partial charge in [0.2, 0.25) is 0 Å². The zero-order chi connectivity index (χ0) is 17.3. The molecule has 1 aliphatic heterocycles. The summed E-state index contributed by atoms with van der Waals surface area (Å²) in [6.45, 7) is 3.19. The van der Waals surface area contributed by atoms with Crippen LogP contribution < -0.4 is 10.6 Å². The molecular weight excluding hydrogens is 325 g/mol. The lowest BCUT2D eigenvalue weighted by Gasteiger charge is -2.26. The molecule has 3 rings (SSSR count). The van der Waals surface area contributed by atoms with Gasteiger partial charge in [-0.15, -0.1) is 0 Å². The number of carbonyl (C=O) groups excluding carboxylic acids is 1. The fraction of sp³-hybridized carbons (Fsp3) is 0.467. The minimum Gasteiger partial charge on any atom is -0.371 e. The van der Waals surface area contributed by atoms with Gasteiger partial charge in [-0.1, -0.05) is 0 Å². The van der Waals surface area contributed by atoms with Gasteiger partial charge < -0.3 is 19.9 Å². The third-order valence-corrected chi connectivity index (χ3v) is 3.83. The molecule has 2 N–H and O–H groups in total. The Hall–Kier alpha value is -2.29. The minimum absolute atomic E-state index is 0.224. The van der Waals surface area contributed by atoms with E-state index in [-0.39, 0.29) is 24.2 Å². The highest BCUT2D eigenvalue weighted by Gasteiger charge is 2.32. The van der Waals surface area contributed by atoms with Gasteiger partial charge in [-0.2, -0.15) is 13.2 Å². The first kappa shape index (κ1) is 16.6. The third-order valence-electron chi connectivity index (χ3n) is 3.83. The fourth-order valence-electron chi connectivity index (χ4n) is 2.78. The molecule has 0 bridgehead atoms. The van der Waals surface area contributed by atoms with Gasteiger partial charge in [0.15, 0.2) is 0 Å². The van der Waals surface area contributed by atoms with E-state index in [2.05, 4.69) is 15.6 Å². The molecule has 2 amide bonds. The Morgan fingerprint density at radius 3 is 2.92 bits per heavy atom. The first-order valence-corrected chi connectivity index (χ1v) is 7.57. The van der Waals surface area contributed by atoms with Crippen molar-refractivity contribution in [2.45, 2.75) is 25.7 Å². The summed E-state index contributed by atoms with van der Waals surface area (Å²) in [5, 5.41) is 5.35. The molecule has 6 nitrogen and oxygen atoms in total. The van der Waals surface area contributed by atoms with Crippen LogP contribution >= 0.6 is 0 Å². The number of alkyl halides is 3. The van der Waals surface area contributed by atoms with E-state index in [0.717, 1.165) is 12.1 Å². The maximum Gasteiger partial charge on any atom is 0.416 e. The molecule has 0 radical (unpaired) electrons. The number of hydrogen-bond acceptors (Lipinski definition) is 3. The number of fused-ring (bicyclic) bond motifs is 3. The van der Waals surface area contributed by atoms with E-state index in [0.29, 0.717) is 31.0 Å². The van der Waals surface area contributed by atoms with Crippen molar-refractivity contribution in [1.29, 1.82) is 0 Å². The second-order valence-electron chi connectivity index (χ2n) is 5.51. The number of aromatic nitrogens is 2. The maximum absolute atomic E-state index is 12.8. The van der Waals surface area contributed by atoms with E-state index in [1.165, 1.54) is 6.07 Å². The van der Waals surface area contributed by atoms with Crippen LogP contribution in [0.15, 0.2) is 18.2 Å². The highest BCUT2D eigenvalue weighted by molar-refractivity contribution is 5.77. The van der Waals surface area contributed by atoms with Gasteiger partial charge in [0.1, 0.15) is 12.4 Å². The van der Waals surface area contributed by atoms with Crippen molar-refractivity contribution in [2.75, 3.05) is 19.7 Å². The van der Waals surface area contributed by atoms with Gasteiger partial charge in [0, 0.05) is 13.1 Å². The highest BCUT2D eigenvalue weighted by Crippen LogP contribution is 2.33. The molecule has 0 saturated carbocycles. The molecule has 2 heterocycles. The molecule has 1 atom stereocenters. The molecule has 0 saturated heterocycles. The van der Waals surface area contributed by atoms with Crippen LogP contribution in [0.2, 0.25) is 0 Å². The van der Waals surface area contributed by atoms with Crippen molar-refractivity contribution in [1.82, 2.24) is 20.2 Å². The number of amides is 2. The molecule has 0 aliphatic carbocycles. The number of urea groups is 1. The Morgan fingerprint density at radius 1 is 1.42 bits per heavy atom. The van der Waals surface area contributed by atoms with Gasteiger partial charge in [-0.25, -0.2) is 9.78 Å². The van der Waals surface area contributed by atoms with Crippen LogP contribution in [-0.4, -0.2) is 35.3 Å². The van der Waals surface area contributed by atoms with Crippen LogP contribution in [0, 0.1) is 0 Å². The summed E-state index contributed by atoms with van der Waals surface area (Å²) >= 11 is 0. The number of nitrogens with one attached hydrogen (secondary N) is 2. The molecule has 0 fully saturated rings. The predicted molar refractivity (Wildman–Crippen MR) is 80.5 cm³/mol. The highest BCUT2D eigenvalue weighted by atomic mass is 19.4. The average molecular weight is 342 g/mol. The maximum atomic E-state index is 12.8. The number of imidazole rings is 1. The first-order chi connectivity index (χ1) is 11.4. The summed E-state index contributed by atoms with van der Waals surface area (Å²) < 4.78 is 45.8. The number of carbonyl (C=O) groups is 1. The number of benzene rings is 1. The Bertz CT molecular complexity index is 757. The lowest BCUT2D eigenvalue weighted by atomic mass is 10.2. The normalized spacial score (nSPS) is 17.6. The van der Waals surface area contributed by atoms with Crippen LogP contribution in [0.1, 0.15) is 24.4 Å². The largest absolute Gasteiger partial charge is 0.416 e. The van der Waals surface area contributed by atoms with Crippen molar-refractivity contribution in [3.8, 4) is 0 Å². The summed E-state index contributed by atoms with van der Waals surface area (Å²) in [6, 6.07) is 2.97. The summed E-state index contributed by atoms with van der Waals surface area (Å²) in [5.41, 5.74) is 0.140. The van der Waals surface area contributed by atoms with Gasteiger partial charge in [-0.3, -0.25) is 0 Å². The Labute approximate surface area is 136 Å². The van der Waals surface area contributed by atoms with Crippen LogP contribution in [0.25, 0.3) is 11.0 Å². The van der Waals surface area contributed by atoms with Gasteiger partial charge in [0.05, 0.1) is 29.2 Å². The molecule has 2 aromatic rings. The third kappa shape index (κ3) is 3.16. The summed E-state index contributed by atoms with van der Waals surface area (Å²) in [4.78, 5) is 15.8. The molecule has 0 spiro atoms. The van der Waals surface area contributed by atoms with Crippen molar-refractivity contribution in [3.63, 3.8) is 0 Å². The number of ether oxygens (including phenoxy) is 1. The molecule has 0 unspecified atom stereocenters. The van der Waals surface area contributed by atoms with E-state index < -0.39 is 11.7 Å². The van der Waals surface area contributed by atoms with Gasteiger partial charge in [0.25, 0.3) is 0 Å². The topological polar surface area (TPSA) is 68.2 Å². The number of nitrogens with zero attached hydrogens (tertiary/aromatic N) is 2. The molecule has 1 aromatic carbocycles. The van der Waals surface area contributed by atoms with Gasteiger partial charge in [-0.05, 0) is 25.1 Å². The fourth-order valence-corrected chi connectivity index (χ4v) is 2.78. The zero-order valence-electron chi connectivity index (χ0n) is 13.0. The molecule has 24 heavy (non-hydrogen) atoms. The molecule has 9 heteroatoms. The van der Waals surface area contributed by atoms with Crippen LogP contribution in [0.5, 0.6) is 0 Å². The molecule has 1 aromatic heterocycles. The minimum atomic E-state index is -4.41. The van der Waals surface area contributed by atoms with E-state index in [1.54, 1.807) is 0 Å². The standard InChI is InChI=1S/C15H17F3N4O2/c1-2-19-14(23)20-6-10-7-24-8-13-21-11-5-9(15(16,17)18)3-4-12(11)22(10)13/h3-5,10H,2,6-8H2,1H3,(H2,19,20,23)/t10-/m0/s1. The number of halogens is 3. The summed E-state index contributed by atoms with van der Waals surface area (Å²) in [7, 11) is 0. The second-order valence-corrected chi connectivity index (χ2v) is 5.51. The van der Waals surface area contributed by atoms with Crippen molar-refractivity contribution in [2.24, 2.45) is 0 Å². The monoisotopic (exact) mass is 342 g/mol. The SMILES string of the molecule is CCNC(=O)NC[C@H]1COCc2nc3cc(C(F)(F)F)ccc3n21. The van der Waals surface area contributed by atoms with E-state index >= 15 is 0 Å². The van der Waals surface area contributed by atoms with E-state index in [1.807, 2.05) is 11.5 Å². The number of rotatable bonds is 3. The smallest absolute Gasteiger partial charge is 0.371 e. The van der Waals surface area contributed by atoms with Crippen LogP contribution in [0.3, 0.4) is 0 Å². The lowest BCUT2D eigenvalue weighted by molar-refractivity contribution is -0.137. The zero-order valence-corrected chi connectivity index (χ0v) is 13.0. The van der Waals surface area contributed by atoms with Crippen LogP contribution in [-0.2, 0) is 17.5 Å². The van der Waals surface area contributed by atoms with Crippen LogP contribution in [0.4, 0.5) is 18.0 Å². The van der Waals surface area contributed by atoms with Gasteiger partial charge >= 0.3 is 12.2 Å². The summed E-state index contributed by atoms with van der Waals surface area (Å²) in [6.07, 6.45) is -4.41. The predicted octanol–water partition coefficient (Wildman–Crippen LogP) is 2.45. The quantitative estimate of drug-likeness (QED) is 0.900. The first-order valence-electron chi connectivity index (χ1n) is 7.57. The van der Waals surface area contributed by atoms with Crippen molar-refractivity contribution < 1.29 is 22.7 Å². The molecular formula is C15H17F3N4O2. The van der Waals surface area contributed by atoms with E-state index in [4.69, 9.17) is 4.74 Å². The summed E-state index contributed by atoms with van der Waals surface area (Å²) in [5.74, 6) is 0.554. The second kappa shape index (κ2) is 6.31.